The number of aromatic nitrogens is 1. The quantitative estimate of drug-likeness (QED) is 0.507. The molecule has 7 heteroatoms. The highest BCUT2D eigenvalue weighted by molar-refractivity contribution is 5.98. The SMILES string of the molecule is COc1cccc(-c2cccnc2C(=O)O)c1CC(=O)OC(=O)c1ccccc1. The molecular formula is C22H17NO6. The largest absolute Gasteiger partial charge is 0.496 e. The number of rotatable bonds is 6. The summed E-state index contributed by atoms with van der Waals surface area (Å²) in [5.41, 5.74) is 1.28. The summed E-state index contributed by atoms with van der Waals surface area (Å²) >= 11 is 0. The molecule has 0 aliphatic carbocycles. The topological polar surface area (TPSA) is 103 Å². The zero-order chi connectivity index (χ0) is 20.8. The fraction of sp³-hybridized carbons (Fsp3) is 0.0909. The first kappa shape index (κ1) is 19.8. The van der Waals surface area contributed by atoms with Gasteiger partial charge in [0, 0.05) is 17.3 Å². The van der Waals surface area contributed by atoms with Crippen molar-refractivity contribution in [1.82, 2.24) is 4.98 Å². The van der Waals surface area contributed by atoms with E-state index in [9.17, 15) is 19.5 Å². The van der Waals surface area contributed by atoms with Crippen LogP contribution >= 0.6 is 0 Å². The summed E-state index contributed by atoms with van der Waals surface area (Å²) in [4.78, 5) is 40.0. The van der Waals surface area contributed by atoms with E-state index in [1.165, 1.54) is 13.3 Å². The van der Waals surface area contributed by atoms with Crippen LogP contribution in [0.1, 0.15) is 26.4 Å². The second kappa shape index (κ2) is 8.79. The van der Waals surface area contributed by atoms with Crippen molar-refractivity contribution in [2.45, 2.75) is 6.42 Å². The molecule has 3 aromatic rings. The molecular weight excluding hydrogens is 374 g/mol. The summed E-state index contributed by atoms with van der Waals surface area (Å²) < 4.78 is 10.3. The molecule has 7 nitrogen and oxygen atoms in total. The smallest absolute Gasteiger partial charge is 0.355 e. The molecule has 1 heterocycles. The average molecular weight is 391 g/mol. The normalized spacial score (nSPS) is 10.2. The molecule has 0 spiro atoms. The van der Waals surface area contributed by atoms with Gasteiger partial charge in [-0.15, -0.1) is 0 Å². The summed E-state index contributed by atoms with van der Waals surface area (Å²) in [6, 6.07) is 16.3. The highest BCUT2D eigenvalue weighted by atomic mass is 16.6. The molecule has 0 unspecified atom stereocenters. The van der Waals surface area contributed by atoms with Crippen LogP contribution in [0.5, 0.6) is 5.75 Å². The van der Waals surface area contributed by atoms with Crippen molar-refractivity contribution in [3.8, 4) is 16.9 Å². The molecule has 0 atom stereocenters. The van der Waals surface area contributed by atoms with E-state index in [0.717, 1.165) is 0 Å². The molecule has 2 aromatic carbocycles. The summed E-state index contributed by atoms with van der Waals surface area (Å²) in [5.74, 6) is -2.38. The number of ether oxygens (including phenoxy) is 2. The van der Waals surface area contributed by atoms with Gasteiger partial charge < -0.3 is 14.6 Å². The molecule has 0 aliphatic rings. The molecule has 1 aromatic heterocycles. The molecule has 0 fully saturated rings. The first-order valence-electron chi connectivity index (χ1n) is 8.66. The second-order valence-corrected chi connectivity index (χ2v) is 6.00. The monoisotopic (exact) mass is 391 g/mol. The number of carboxylic acid groups (broad SMARTS) is 1. The van der Waals surface area contributed by atoms with Crippen molar-refractivity contribution in [3.63, 3.8) is 0 Å². The van der Waals surface area contributed by atoms with Crippen LogP contribution in [0.15, 0.2) is 66.9 Å². The van der Waals surface area contributed by atoms with Crippen LogP contribution in [0.25, 0.3) is 11.1 Å². The summed E-state index contributed by atoms with van der Waals surface area (Å²) in [6.45, 7) is 0. The minimum Gasteiger partial charge on any atom is -0.496 e. The van der Waals surface area contributed by atoms with E-state index in [0.29, 0.717) is 22.4 Å². The van der Waals surface area contributed by atoms with E-state index >= 15 is 0 Å². The highest BCUT2D eigenvalue weighted by Crippen LogP contribution is 2.33. The third-order valence-corrected chi connectivity index (χ3v) is 4.19. The Morgan fingerprint density at radius 3 is 2.34 bits per heavy atom. The van der Waals surface area contributed by atoms with Gasteiger partial charge in [-0.3, -0.25) is 4.79 Å². The summed E-state index contributed by atoms with van der Waals surface area (Å²) in [7, 11) is 1.43. The summed E-state index contributed by atoms with van der Waals surface area (Å²) in [5, 5.41) is 9.44. The van der Waals surface area contributed by atoms with Crippen molar-refractivity contribution >= 4 is 17.9 Å². The Bertz CT molecular complexity index is 1060. The number of carbonyl (C=O) groups is 3. The van der Waals surface area contributed by atoms with Crippen molar-refractivity contribution < 1.29 is 29.0 Å². The number of nitrogens with zero attached hydrogens (tertiary/aromatic N) is 1. The maximum absolute atomic E-state index is 12.4. The maximum Gasteiger partial charge on any atom is 0.355 e. The molecule has 0 amide bonds. The predicted octanol–water partition coefficient (Wildman–Crippen LogP) is 3.38. The Hall–Kier alpha value is -4.00. The average Bonchev–Trinajstić information content (AvgIpc) is 2.74. The summed E-state index contributed by atoms with van der Waals surface area (Å²) in [6.07, 6.45) is 1.09. The van der Waals surface area contributed by atoms with E-state index in [1.807, 2.05) is 0 Å². The number of hydrogen-bond acceptors (Lipinski definition) is 6. The Morgan fingerprint density at radius 1 is 0.931 bits per heavy atom. The maximum atomic E-state index is 12.4. The number of esters is 2. The fourth-order valence-corrected chi connectivity index (χ4v) is 2.90. The molecule has 0 radical (unpaired) electrons. The lowest BCUT2D eigenvalue weighted by atomic mass is 9.95. The number of hydrogen-bond donors (Lipinski definition) is 1. The molecule has 1 N–H and O–H groups in total. The minimum absolute atomic E-state index is 0.157. The van der Waals surface area contributed by atoms with Crippen molar-refractivity contribution in [2.24, 2.45) is 0 Å². The molecule has 0 saturated carbocycles. The van der Waals surface area contributed by atoms with E-state index in [-0.39, 0.29) is 17.7 Å². The van der Waals surface area contributed by atoms with Crippen LogP contribution in [0.2, 0.25) is 0 Å². The van der Waals surface area contributed by atoms with Gasteiger partial charge in [-0.05, 0) is 29.8 Å². The van der Waals surface area contributed by atoms with Crippen LogP contribution in [-0.2, 0) is 16.0 Å². The first-order chi connectivity index (χ1) is 14.0. The van der Waals surface area contributed by atoms with Crippen LogP contribution in [0, 0.1) is 0 Å². The fourth-order valence-electron chi connectivity index (χ4n) is 2.90. The zero-order valence-corrected chi connectivity index (χ0v) is 15.5. The third kappa shape index (κ3) is 4.47. The second-order valence-electron chi connectivity index (χ2n) is 6.00. The van der Waals surface area contributed by atoms with Crippen molar-refractivity contribution in [1.29, 1.82) is 0 Å². The lowest BCUT2D eigenvalue weighted by Crippen LogP contribution is -2.16. The number of carbonyl (C=O) groups excluding carboxylic acids is 2. The van der Waals surface area contributed by atoms with Crippen LogP contribution in [0.3, 0.4) is 0 Å². The van der Waals surface area contributed by atoms with Gasteiger partial charge in [-0.1, -0.05) is 36.4 Å². The van der Waals surface area contributed by atoms with Gasteiger partial charge in [0.15, 0.2) is 5.69 Å². The van der Waals surface area contributed by atoms with E-state index in [1.54, 1.807) is 60.7 Å². The predicted molar refractivity (Wildman–Crippen MR) is 104 cm³/mol. The van der Waals surface area contributed by atoms with Crippen molar-refractivity contribution in [2.75, 3.05) is 7.11 Å². The molecule has 146 valence electrons. The number of benzene rings is 2. The number of carboxylic acids is 1. The molecule has 29 heavy (non-hydrogen) atoms. The Labute approximate surface area is 166 Å². The van der Waals surface area contributed by atoms with Gasteiger partial charge in [0.05, 0.1) is 19.1 Å². The van der Waals surface area contributed by atoms with Gasteiger partial charge in [0.1, 0.15) is 5.75 Å². The number of aromatic carboxylic acids is 1. The van der Waals surface area contributed by atoms with Gasteiger partial charge >= 0.3 is 17.9 Å². The third-order valence-electron chi connectivity index (χ3n) is 4.19. The molecule has 0 aliphatic heterocycles. The van der Waals surface area contributed by atoms with Gasteiger partial charge in [-0.25, -0.2) is 14.6 Å². The lowest BCUT2D eigenvalue weighted by molar-refractivity contribution is -0.137. The Balaban J connectivity index is 1.94. The number of methoxy groups -OCH3 is 1. The number of pyridine rings is 1. The standard InChI is InChI=1S/C22H17NO6/c1-28-18-11-5-9-15(16-10-6-12-23-20(16)21(25)26)17(18)13-19(24)29-22(27)14-7-3-2-4-8-14/h2-12H,13H2,1H3,(H,25,26). The first-order valence-corrected chi connectivity index (χ1v) is 8.66. The lowest BCUT2D eigenvalue weighted by Gasteiger charge is -2.14. The van der Waals surface area contributed by atoms with Crippen LogP contribution in [0.4, 0.5) is 0 Å². The zero-order valence-electron chi connectivity index (χ0n) is 15.5. The minimum atomic E-state index is -1.20. The van der Waals surface area contributed by atoms with Gasteiger partial charge in [0.2, 0.25) is 0 Å². The Morgan fingerprint density at radius 2 is 1.66 bits per heavy atom. The van der Waals surface area contributed by atoms with Gasteiger partial charge in [-0.2, -0.15) is 0 Å². The van der Waals surface area contributed by atoms with Gasteiger partial charge in [0.25, 0.3) is 0 Å². The van der Waals surface area contributed by atoms with Crippen molar-refractivity contribution in [3.05, 3.63) is 83.7 Å². The van der Waals surface area contributed by atoms with E-state index in [4.69, 9.17) is 9.47 Å². The Kier molecular flexibility index (Phi) is 5.99. The molecule has 0 bridgehead atoms. The highest BCUT2D eigenvalue weighted by Gasteiger charge is 2.21. The van der Waals surface area contributed by atoms with E-state index < -0.39 is 17.9 Å². The van der Waals surface area contributed by atoms with E-state index in [2.05, 4.69) is 4.98 Å². The van der Waals surface area contributed by atoms with Crippen LogP contribution < -0.4 is 4.74 Å². The molecule has 0 saturated heterocycles. The van der Waals surface area contributed by atoms with Crippen LogP contribution in [-0.4, -0.2) is 35.1 Å². The molecule has 3 rings (SSSR count).